The second kappa shape index (κ2) is 4.43. The Balaban J connectivity index is 2.21. The summed E-state index contributed by atoms with van der Waals surface area (Å²) in [4.78, 5) is 2.50. The molecule has 1 aliphatic heterocycles. The first kappa shape index (κ1) is 12.6. The van der Waals surface area contributed by atoms with Crippen molar-refractivity contribution in [1.82, 2.24) is 10.2 Å². The molecule has 1 saturated heterocycles. The molecule has 17 heavy (non-hydrogen) atoms. The van der Waals surface area contributed by atoms with Gasteiger partial charge in [0, 0.05) is 18.6 Å². The number of likely N-dealkylation sites (N-methyl/N-ethyl adjacent to an activating group) is 1. The Morgan fingerprint density at radius 1 is 1.24 bits per heavy atom. The maximum Gasteiger partial charge on any atom is 0.0535 e. The number of piperazine rings is 1. The predicted molar refractivity (Wildman–Crippen MR) is 73.1 cm³/mol. The molecule has 0 saturated carbocycles. The van der Waals surface area contributed by atoms with Crippen molar-refractivity contribution in [2.45, 2.75) is 38.3 Å². The quantitative estimate of drug-likeness (QED) is 0.843. The molecule has 0 radical (unpaired) electrons. The minimum atomic E-state index is 0.0741. The number of rotatable bonds is 2. The van der Waals surface area contributed by atoms with E-state index in [-0.39, 0.29) is 11.1 Å². The zero-order chi connectivity index (χ0) is 12.5. The van der Waals surface area contributed by atoms with Gasteiger partial charge in [0.25, 0.3) is 0 Å². The molecule has 2 nitrogen and oxygen atoms in total. The second-order valence-corrected chi connectivity index (χ2v) is 5.76. The number of hydrogen-bond donors (Lipinski definition) is 1. The zero-order valence-corrected chi connectivity index (χ0v) is 11.5. The highest BCUT2D eigenvalue weighted by atomic mass is 15.3. The summed E-state index contributed by atoms with van der Waals surface area (Å²) < 4.78 is 0. The first-order chi connectivity index (χ1) is 8.00. The molecule has 2 unspecified atom stereocenters. The van der Waals surface area contributed by atoms with Crippen LogP contribution in [0, 0.1) is 0 Å². The zero-order valence-electron chi connectivity index (χ0n) is 11.5. The third kappa shape index (κ3) is 2.24. The number of nitrogens with zero attached hydrogens (tertiary/aromatic N) is 1. The van der Waals surface area contributed by atoms with Gasteiger partial charge in [-0.25, -0.2) is 0 Å². The van der Waals surface area contributed by atoms with Gasteiger partial charge in [-0.3, -0.25) is 4.90 Å². The lowest BCUT2D eigenvalue weighted by molar-refractivity contribution is 0.0398. The Hall–Kier alpha value is -0.860. The molecule has 0 aliphatic carbocycles. The highest BCUT2D eigenvalue weighted by molar-refractivity contribution is 5.25. The average molecular weight is 232 g/mol. The normalized spacial score (nSPS) is 34.8. The lowest BCUT2D eigenvalue weighted by Gasteiger charge is -2.51. The largest absolute Gasteiger partial charge is 0.305 e. The highest BCUT2D eigenvalue weighted by Gasteiger charge is 2.40. The van der Waals surface area contributed by atoms with Gasteiger partial charge in [-0.1, -0.05) is 37.3 Å². The van der Waals surface area contributed by atoms with Crippen molar-refractivity contribution in [2.24, 2.45) is 0 Å². The molecular formula is C15H24N2. The molecule has 94 valence electrons. The highest BCUT2D eigenvalue weighted by Crippen LogP contribution is 2.31. The maximum absolute atomic E-state index is 3.74. The van der Waals surface area contributed by atoms with Crippen LogP contribution in [0.4, 0.5) is 0 Å². The second-order valence-electron chi connectivity index (χ2n) is 5.76. The molecule has 2 atom stereocenters. The van der Waals surface area contributed by atoms with Crippen molar-refractivity contribution >= 4 is 0 Å². The molecule has 0 aromatic heterocycles. The van der Waals surface area contributed by atoms with Crippen molar-refractivity contribution < 1.29 is 0 Å². The Morgan fingerprint density at radius 3 is 2.41 bits per heavy atom. The van der Waals surface area contributed by atoms with Crippen molar-refractivity contribution in [1.29, 1.82) is 0 Å². The molecule has 0 bridgehead atoms. The standard InChI is InChI=1S/C15H24N2/c1-5-14(2)11-16-15(3,12-17(14)4)13-9-7-6-8-10-13/h6-10,16H,5,11-12H2,1-4H3. The van der Waals surface area contributed by atoms with Gasteiger partial charge in [-0.05, 0) is 32.9 Å². The van der Waals surface area contributed by atoms with Crippen LogP contribution in [-0.4, -0.2) is 30.6 Å². The fourth-order valence-electron chi connectivity index (χ4n) is 2.64. The molecule has 1 fully saturated rings. The molecule has 1 aliphatic rings. The Labute approximate surface area is 105 Å². The van der Waals surface area contributed by atoms with Gasteiger partial charge < -0.3 is 5.32 Å². The van der Waals surface area contributed by atoms with Gasteiger partial charge in [0.15, 0.2) is 0 Å². The molecule has 2 heteroatoms. The van der Waals surface area contributed by atoms with Crippen LogP contribution in [0.25, 0.3) is 0 Å². The van der Waals surface area contributed by atoms with E-state index in [1.807, 2.05) is 0 Å². The summed E-state index contributed by atoms with van der Waals surface area (Å²) in [6, 6.07) is 10.8. The van der Waals surface area contributed by atoms with E-state index in [1.165, 1.54) is 12.0 Å². The summed E-state index contributed by atoms with van der Waals surface area (Å²) in [5.74, 6) is 0. The van der Waals surface area contributed by atoms with Crippen LogP contribution in [0.3, 0.4) is 0 Å². The number of hydrogen-bond acceptors (Lipinski definition) is 2. The molecule has 0 spiro atoms. The Kier molecular flexibility index (Phi) is 3.28. The fourth-order valence-corrected chi connectivity index (χ4v) is 2.64. The third-order valence-corrected chi connectivity index (χ3v) is 4.51. The van der Waals surface area contributed by atoms with Crippen LogP contribution >= 0.6 is 0 Å². The summed E-state index contributed by atoms with van der Waals surface area (Å²) in [6.45, 7) is 9.01. The van der Waals surface area contributed by atoms with Crippen molar-refractivity contribution in [3.63, 3.8) is 0 Å². The van der Waals surface area contributed by atoms with E-state index in [1.54, 1.807) is 0 Å². The van der Waals surface area contributed by atoms with Crippen LogP contribution < -0.4 is 5.32 Å². The Bertz CT molecular complexity index is 376. The number of benzene rings is 1. The summed E-state index contributed by atoms with van der Waals surface area (Å²) in [5, 5.41) is 3.74. The van der Waals surface area contributed by atoms with E-state index < -0.39 is 0 Å². The van der Waals surface area contributed by atoms with Gasteiger partial charge in [0.2, 0.25) is 0 Å². The molecule has 1 aromatic rings. The summed E-state index contributed by atoms with van der Waals surface area (Å²) in [5.41, 5.74) is 1.74. The number of nitrogens with one attached hydrogen (secondary N) is 1. The fraction of sp³-hybridized carbons (Fsp3) is 0.600. The van der Waals surface area contributed by atoms with Crippen molar-refractivity contribution in [3.05, 3.63) is 35.9 Å². The summed E-state index contributed by atoms with van der Waals surface area (Å²) in [7, 11) is 2.24. The summed E-state index contributed by atoms with van der Waals surface area (Å²) in [6.07, 6.45) is 1.18. The third-order valence-electron chi connectivity index (χ3n) is 4.51. The van der Waals surface area contributed by atoms with E-state index >= 15 is 0 Å². The monoisotopic (exact) mass is 232 g/mol. The van der Waals surface area contributed by atoms with E-state index in [4.69, 9.17) is 0 Å². The topological polar surface area (TPSA) is 15.3 Å². The van der Waals surface area contributed by atoms with Crippen molar-refractivity contribution in [2.75, 3.05) is 20.1 Å². The van der Waals surface area contributed by atoms with Crippen LogP contribution in [0.5, 0.6) is 0 Å². The maximum atomic E-state index is 3.74. The average Bonchev–Trinajstić information content (AvgIpc) is 2.36. The first-order valence-electron chi connectivity index (χ1n) is 6.52. The molecule has 2 rings (SSSR count). The van der Waals surface area contributed by atoms with Crippen LogP contribution in [0.2, 0.25) is 0 Å². The van der Waals surface area contributed by atoms with Gasteiger partial charge >= 0.3 is 0 Å². The molecule has 0 amide bonds. The van der Waals surface area contributed by atoms with Crippen LogP contribution in [-0.2, 0) is 5.54 Å². The van der Waals surface area contributed by atoms with Gasteiger partial charge in [0.1, 0.15) is 0 Å². The minimum absolute atomic E-state index is 0.0741. The SMILES string of the molecule is CCC1(C)CNC(C)(c2ccccc2)CN1C. The van der Waals surface area contributed by atoms with Crippen molar-refractivity contribution in [3.8, 4) is 0 Å². The van der Waals surface area contributed by atoms with Gasteiger partial charge in [-0.15, -0.1) is 0 Å². The lowest BCUT2D eigenvalue weighted by Crippen LogP contribution is -2.65. The van der Waals surface area contributed by atoms with Crippen LogP contribution in [0.1, 0.15) is 32.8 Å². The van der Waals surface area contributed by atoms with E-state index in [0.29, 0.717) is 0 Å². The molecule has 1 aromatic carbocycles. The van der Waals surface area contributed by atoms with E-state index in [0.717, 1.165) is 13.1 Å². The van der Waals surface area contributed by atoms with Gasteiger partial charge in [0.05, 0.1) is 5.54 Å². The van der Waals surface area contributed by atoms with Gasteiger partial charge in [-0.2, -0.15) is 0 Å². The van der Waals surface area contributed by atoms with E-state index in [9.17, 15) is 0 Å². The minimum Gasteiger partial charge on any atom is -0.305 e. The Morgan fingerprint density at radius 2 is 1.88 bits per heavy atom. The first-order valence-corrected chi connectivity index (χ1v) is 6.52. The van der Waals surface area contributed by atoms with Crippen LogP contribution in [0.15, 0.2) is 30.3 Å². The molecular weight excluding hydrogens is 208 g/mol. The lowest BCUT2D eigenvalue weighted by atomic mass is 9.83. The molecule has 1 N–H and O–H groups in total. The summed E-state index contributed by atoms with van der Waals surface area (Å²) >= 11 is 0. The van der Waals surface area contributed by atoms with E-state index in [2.05, 4.69) is 68.4 Å². The smallest absolute Gasteiger partial charge is 0.0535 e. The predicted octanol–water partition coefficient (Wildman–Crippen LogP) is 2.61. The molecule has 1 heterocycles.